The van der Waals surface area contributed by atoms with Crippen molar-refractivity contribution in [3.8, 4) is 0 Å². The highest BCUT2D eigenvalue weighted by molar-refractivity contribution is 9.10. The van der Waals surface area contributed by atoms with E-state index in [2.05, 4.69) is 36.4 Å². The largest absolute Gasteiger partial charge is 0.347 e. The maximum atomic E-state index is 5.58. The molecule has 0 spiro atoms. The molecule has 0 aliphatic carbocycles. The lowest BCUT2D eigenvalue weighted by atomic mass is 10.2. The highest BCUT2D eigenvalue weighted by Gasteiger charge is 2.22. The van der Waals surface area contributed by atoms with E-state index in [1.165, 1.54) is 0 Å². The van der Waals surface area contributed by atoms with Crippen molar-refractivity contribution in [3.05, 3.63) is 34.6 Å². The van der Waals surface area contributed by atoms with Crippen LogP contribution in [0.25, 0.3) is 0 Å². The molecule has 16 heavy (non-hydrogen) atoms. The van der Waals surface area contributed by atoms with Crippen LogP contribution in [0.5, 0.6) is 0 Å². The van der Waals surface area contributed by atoms with Gasteiger partial charge in [-0.3, -0.25) is 10.5 Å². The Hall–Kier alpha value is -1.18. The Bertz CT molecular complexity index is 449. The van der Waals surface area contributed by atoms with Crippen LogP contribution >= 0.6 is 15.9 Å². The third-order valence-electron chi connectivity index (χ3n) is 2.37. The van der Waals surface area contributed by atoms with E-state index in [0.29, 0.717) is 0 Å². The van der Waals surface area contributed by atoms with Crippen LogP contribution < -0.4 is 11.3 Å². The number of halogens is 1. The molecule has 0 fully saturated rings. The number of imidazole rings is 1. The van der Waals surface area contributed by atoms with Gasteiger partial charge in [0.2, 0.25) is 0 Å². The van der Waals surface area contributed by atoms with E-state index < -0.39 is 0 Å². The Morgan fingerprint density at radius 2 is 2.50 bits per heavy atom. The lowest BCUT2D eigenvalue weighted by molar-refractivity contribution is 0.527. The molecule has 1 unspecified atom stereocenters. The summed E-state index contributed by atoms with van der Waals surface area (Å²) in [4.78, 5) is 7.24. The highest BCUT2D eigenvalue weighted by Crippen LogP contribution is 2.26. The molecule has 0 amide bonds. The molecule has 1 atom stereocenters. The summed E-state index contributed by atoms with van der Waals surface area (Å²) in [6.07, 6.45) is 5.21. The Morgan fingerprint density at radius 1 is 1.69 bits per heavy atom. The van der Waals surface area contributed by atoms with Crippen molar-refractivity contribution < 1.29 is 0 Å². The fraction of sp³-hybridized carbons (Fsp3) is 0.333. The van der Waals surface area contributed by atoms with Crippen LogP contribution in [0.15, 0.2) is 23.1 Å². The number of hydrogen-bond donors (Lipinski definition) is 3. The maximum absolute atomic E-state index is 5.58. The monoisotopic (exact) mass is 284 g/mol. The fourth-order valence-corrected chi connectivity index (χ4v) is 2.16. The average Bonchev–Trinajstić information content (AvgIpc) is 2.91. The van der Waals surface area contributed by atoms with E-state index in [4.69, 9.17) is 5.84 Å². The Labute approximate surface area is 101 Å². The predicted octanol–water partition coefficient (Wildman–Crippen LogP) is 0.941. The topological polar surface area (TPSA) is 84.6 Å². The molecule has 6 nitrogen and oxygen atoms in total. The molecule has 2 rings (SSSR count). The molecule has 0 saturated heterocycles. The maximum Gasteiger partial charge on any atom is 0.130 e. The average molecular weight is 285 g/mol. The minimum absolute atomic E-state index is 0.202. The first-order valence-electron chi connectivity index (χ1n) is 4.94. The fourth-order valence-electron chi connectivity index (χ4n) is 1.63. The minimum atomic E-state index is -0.202. The van der Waals surface area contributed by atoms with Gasteiger partial charge in [0.15, 0.2) is 0 Å². The second-order valence-corrected chi connectivity index (χ2v) is 4.12. The Morgan fingerprint density at radius 3 is 3.06 bits per heavy atom. The number of H-pyrrole nitrogens is 1. The van der Waals surface area contributed by atoms with Crippen LogP contribution in [0.1, 0.15) is 24.5 Å². The molecule has 0 bridgehead atoms. The SMILES string of the molecule is CCn1ncc(Br)c1C(NN)c1ncc[nH]1. The van der Waals surface area contributed by atoms with Crippen LogP contribution in [0.4, 0.5) is 0 Å². The van der Waals surface area contributed by atoms with Gasteiger partial charge in [-0.25, -0.2) is 10.4 Å². The molecule has 0 aliphatic rings. The van der Waals surface area contributed by atoms with Crippen molar-refractivity contribution in [2.75, 3.05) is 0 Å². The van der Waals surface area contributed by atoms with Gasteiger partial charge < -0.3 is 4.98 Å². The van der Waals surface area contributed by atoms with E-state index in [9.17, 15) is 0 Å². The summed E-state index contributed by atoms with van der Waals surface area (Å²) >= 11 is 3.46. The molecule has 2 aromatic rings. The molecule has 86 valence electrons. The molecule has 0 aliphatic heterocycles. The summed E-state index contributed by atoms with van der Waals surface area (Å²) in [7, 11) is 0. The minimum Gasteiger partial charge on any atom is -0.347 e. The third-order valence-corrected chi connectivity index (χ3v) is 2.98. The molecule has 7 heteroatoms. The van der Waals surface area contributed by atoms with Gasteiger partial charge in [-0.1, -0.05) is 0 Å². The van der Waals surface area contributed by atoms with Gasteiger partial charge in [0.1, 0.15) is 11.9 Å². The number of hydrazine groups is 1. The molecule has 0 aromatic carbocycles. The summed E-state index contributed by atoms with van der Waals surface area (Å²) in [6, 6.07) is -0.202. The standard InChI is InChI=1S/C9H13BrN6/c1-2-16-8(6(10)5-14-16)7(15-11)9-12-3-4-13-9/h3-5,7,15H,2,11H2,1H3,(H,12,13). The van der Waals surface area contributed by atoms with Gasteiger partial charge in [-0.2, -0.15) is 5.10 Å². The lowest BCUT2D eigenvalue weighted by Gasteiger charge is -2.15. The number of nitrogens with two attached hydrogens (primary N) is 1. The number of aryl methyl sites for hydroxylation is 1. The molecule has 0 radical (unpaired) electrons. The summed E-state index contributed by atoms with van der Waals surface area (Å²) in [5.41, 5.74) is 3.70. The number of nitrogens with one attached hydrogen (secondary N) is 2. The molecular formula is C9H13BrN6. The summed E-state index contributed by atoms with van der Waals surface area (Å²) < 4.78 is 2.78. The van der Waals surface area contributed by atoms with Gasteiger partial charge in [0.25, 0.3) is 0 Å². The van der Waals surface area contributed by atoms with E-state index in [0.717, 1.165) is 22.5 Å². The Kier molecular flexibility index (Phi) is 3.37. The van der Waals surface area contributed by atoms with Crippen LogP contribution in [-0.2, 0) is 6.54 Å². The van der Waals surface area contributed by atoms with Crippen LogP contribution in [0.2, 0.25) is 0 Å². The first-order valence-corrected chi connectivity index (χ1v) is 5.73. The molecular weight excluding hydrogens is 272 g/mol. The molecule has 0 saturated carbocycles. The van der Waals surface area contributed by atoms with Gasteiger partial charge in [0.05, 0.1) is 16.4 Å². The smallest absolute Gasteiger partial charge is 0.130 e. The number of aromatic nitrogens is 4. The number of rotatable bonds is 4. The number of hydrogen-bond acceptors (Lipinski definition) is 4. The van der Waals surface area contributed by atoms with E-state index in [1.54, 1.807) is 18.6 Å². The zero-order valence-corrected chi connectivity index (χ0v) is 10.4. The molecule has 4 N–H and O–H groups in total. The lowest BCUT2D eigenvalue weighted by Crippen LogP contribution is -2.31. The zero-order valence-electron chi connectivity index (χ0n) is 8.81. The quantitative estimate of drug-likeness (QED) is 0.576. The summed E-state index contributed by atoms with van der Waals surface area (Å²) in [5, 5.41) is 4.25. The van der Waals surface area contributed by atoms with Crippen molar-refractivity contribution in [2.24, 2.45) is 5.84 Å². The third kappa shape index (κ3) is 1.89. The second kappa shape index (κ2) is 4.77. The summed E-state index contributed by atoms with van der Waals surface area (Å²) in [6.45, 7) is 2.80. The van der Waals surface area contributed by atoms with Gasteiger partial charge in [0, 0.05) is 18.9 Å². The molecule has 2 aromatic heterocycles. The number of nitrogens with zero attached hydrogens (tertiary/aromatic N) is 3. The Balaban J connectivity index is 2.44. The van der Waals surface area contributed by atoms with Crippen molar-refractivity contribution >= 4 is 15.9 Å². The first kappa shape index (κ1) is 11.3. The van der Waals surface area contributed by atoms with Crippen LogP contribution in [0.3, 0.4) is 0 Å². The van der Waals surface area contributed by atoms with Crippen molar-refractivity contribution in [3.63, 3.8) is 0 Å². The van der Waals surface area contributed by atoms with Gasteiger partial charge >= 0.3 is 0 Å². The van der Waals surface area contributed by atoms with Crippen molar-refractivity contribution in [1.82, 2.24) is 25.2 Å². The zero-order chi connectivity index (χ0) is 11.5. The normalized spacial score (nSPS) is 12.9. The van der Waals surface area contributed by atoms with Crippen molar-refractivity contribution in [1.29, 1.82) is 0 Å². The predicted molar refractivity (Wildman–Crippen MR) is 63.4 cm³/mol. The highest BCUT2D eigenvalue weighted by atomic mass is 79.9. The van der Waals surface area contributed by atoms with Crippen LogP contribution in [0, 0.1) is 0 Å². The molecule has 2 heterocycles. The van der Waals surface area contributed by atoms with E-state index in [-0.39, 0.29) is 6.04 Å². The number of aromatic amines is 1. The van der Waals surface area contributed by atoms with Gasteiger partial charge in [-0.15, -0.1) is 0 Å². The van der Waals surface area contributed by atoms with Crippen molar-refractivity contribution in [2.45, 2.75) is 19.5 Å². The first-order chi connectivity index (χ1) is 7.77. The van der Waals surface area contributed by atoms with E-state index >= 15 is 0 Å². The summed E-state index contributed by atoms with van der Waals surface area (Å²) in [5.74, 6) is 6.34. The second-order valence-electron chi connectivity index (χ2n) is 3.27. The van der Waals surface area contributed by atoms with Crippen LogP contribution in [-0.4, -0.2) is 19.7 Å². The van der Waals surface area contributed by atoms with Gasteiger partial charge in [-0.05, 0) is 22.9 Å². The van der Waals surface area contributed by atoms with E-state index in [1.807, 2.05) is 11.6 Å².